The zero-order valence-corrected chi connectivity index (χ0v) is 12.4. The van der Waals surface area contributed by atoms with Gasteiger partial charge < -0.3 is 5.32 Å². The molecule has 1 N–H and O–H groups in total. The van der Waals surface area contributed by atoms with Gasteiger partial charge in [-0.25, -0.2) is 4.39 Å². The van der Waals surface area contributed by atoms with Crippen LogP contribution in [-0.4, -0.2) is 30.6 Å². The highest BCUT2D eigenvalue weighted by atomic mass is 35.5. The minimum atomic E-state index is -0.464. The summed E-state index contributed by atoms with van der Waals surface area (Å²) in [6.07, 6.45) is 0. The molecule has 1 fully saturated rings. The van der Waals surface area contributed by atoms with Gasteiger partial charge in [0.05, 0.1) is 10.0 Å². The van der Waals surface area contributed by atoms with E-state index >= 15 is 0 Å². The maximum Gasteiger partial charge on any atom is 0.143 e. The second-order valence-electron chi connectivity index (χ2n) is 4.42. The van der Waals surface area contributed by atoms with Gasteiger partial charge in [-0.15, -0.1) is 12.4 Å². The van der Waals surface area contributed by atoms with Crippen LogP contribution >= 0.6 is 35.6 Å². The molecule has 0 amide bonds. The molecule has 1 aliphatic rings. The van der Waals surface area contributed by atoms with E-state index < -0.39 is 5.82 Å². The first-order valence-corrected chi connectivity index (χ1v) is 6.41. The molecule has 0 unspecified atom stereocenters. The van der Waals surface area contributed by atoms with E-state index in [9.17, 15) is 4.39 Å². The van der Waals surface area contributed by atoms with Crippen LogP contribution in [0.5, 0.6) is 0 Å². The Labute approximate surface area is 123 Å². The van der Waals surface area contributed by atoms with Gasteiger partial charge in [-0.3, -0.25) is 4.90 Å². The normalized spacial score (nSPS) is 20.6. The summed E-state index contributed by atoms with van der Waals surface area (Å²) in [5.74, 6) is -0.464. The van der Waals surface area contributed by atoms with E-state index in [1.165, 1.54) is 6.07 Å². The zero-order valence-electron chi connectivity index (χ0n) is 10.0. The number of piperazine rings is 1. The first-order valence-electron chi connectivity index (χ1n) is 5.66. The highest BCUT2D eigenvalue weighted by Gasteiger charge is 2.18. The number of rotatable bonds is 2. The van der Waals surface area contributed by atoms with Crippen molar-refractivity contribution < 1.29 is 4.39 Å². The fourth-order valence-electron chi connectivity index (χ4n) is 2.08. The van der Waals surface area contributed by atoms with Gasteiger partial charge in [0.1, 0.15) is 5.82 Å². The molecule has 0 radical (unpaired) electrons. The minimum Gasteiger partial charge on any atom is -0.312 e. The summed E-state index contributed by atoms with van der Waals surface area (Å²) in [5.41, 5.74) is 0.882. The Hall–Kier alpha value is -0.0600. The van der Waals surface area contributed by atoms with Crippen LogP contribution in [0.15, 0.2) is 12.1 Å². The van der Waals surface area contributed by atoms with Crippen LogP contribution < -0.4 is 5.32 Å². The molecule has 1 aromatic rings. The van der Waals surface area contributed by atoms with Crippen LogP contribution in [0.25, 0.3) is 0 Å². The minimum absolute atomic E-state index is 0. The summed E-state index contributed by atoms with van der Waals surface area (Å²) in [4.78, 5) is 2.29. The maximum absolute atomic E-state index is 13.2. The molecular weight excluding hydrogens is 298 g/mol. The van der Waals surface area contributed by atoms with Crippen molar-refractivity contribution in [2.45, 2.75) is 19.5 Å². The average Bonchev–Trinajstić information content (AvgIpc) is 2.30. The summed E-state index contributed by atoms with van der Waals surface area (Å²) in [6, 6.07) is 3.55. The number of benzene rings is 1. The zero-order chi connectivity index (χ0) is 12.4. The van der Waals surface area contributed by atoms with Crippen molar-refractivity contribution in [2.75, 3.05) is 19.6 Å². The highest BCUT2D eigenvalue weighted by Crippen LogP contribution is 2.29. The standard InChI is InChI=1S/C12H15Cl2FN2.ClH/c1-8-6-17(5-4-16-8)7-9-2-3-10(15)12(14)11(9)13;/h2-3,8,16H,4-7H2,1H3;1H/t8-;/m0./s1. The Kier molecular flexibility index (Phi) is 6.15. The lowest BCUT2D eigenvalue weighted by molar-refractivity contribution is 0.199. The van der Waals surface area contributed by atoms with Gasteiger partial charge in [0.25, 0.3) is 0 Å². The number of hydrogen-bond acceptors (Lipinski definition) is 2. The fourth-order valence-corrected chi connectivity index (χ4v) is 2.48. The average molecular weight is 314 g/mol. The van der Waals surface area contributed by atoms with Gasteiger partial charge in [-0.05, 0) is 18.6 Å². The summed E-state index contributed by atoms with van der Waals surface area (Å²) < 4.78 is 13.2. The van der Waals surface area contributed by atoms with E-state index in [4.69, 9.17) is 23.2 Å². The molecule has 2 rings (SSSR count). The van der Waals surface area contributed by atoms with Crippen LogP contribution in [0.1, 0.15) is 12.5 Å². The molecule has 1 saturated heterocycles. The Morgan fingerprint density at radius 1 is 1.39 bits per heavy atom. The number of nitrogens with zero attached hydrogens (tertiary/aromatic N) is 1. The molecule has 0 spiro atoms. The Morgan fingerprint density at radius 3 is 2.78 bits per heavy atom. The third-order valence-corrected chi connectivity index (χ3v) is 3.86. The summed E-state index contributed by atoms with van der Waals surface area (Å²) >= 11 is 11.8. The van der Waals surface area contributed by atoms with Gasteiger partial charge in [0.2, 0.25) is 0 Å². The van der Waals surface area contributed by atoms with Crippen molar-refractivity contribution >= 4 is 35.6 Å². The first kappa shape index (κ1) is 16.0. The molecule has 18 heavy (non-hydrogen) atoms. The third-order valence-electron chi connectivity index (χ3n) is 2.96. The Balaban J connectivity index is 0.00000162. The van der Waals surface area contributed by atoms with Gasteiger partial charge in [0, 0.05) is 32.2 Å². The lowest BCUT2D eigenvalue weighted by Gasteiger charge is -2.32. The second kappa shape index (κ2) is 6.92. The first-order chi connectivity index (χ1) is 8.08. The van der Waals surface area contributed by atoms with E-state index in [1.807, 2.05) is 0 Å². The smallest absolute Gasteiger partial charge is 0.143 e. The molecule has 6 heteroatoms. The van der Waals surface area contributed by atoms with E-state index in [0.29, 0.717) is 17.6 Å². The summed E-state index contributed by atoms with van der Waals surface area (Å²) in [5, 5.41) is 3.72. The summed E-state index contributed by atoms with van der Waals surface area (Å²) in [6.45, 7) is 5.75. The molecule has 0 bridgehead atoms. The Morgan fingerprint density at radius 2 is 2.11 bits per heavy atom. The third kappa shape index (κ3) is 3.72. The van der Waals surface area contributed by atoms with Crippen LogP contribution in [-0.2, 0) is 6.54 Å². The highest BCUT2D eigenvalue weighted by molar-refractivity contribution is 6.42. The predicted octanol–water partition coefficient (Wildman–Crippen LogP) is 3.35. The SMILES string of the molecule is C[C@H]1CN(Cc2ccc(F)c(Cl)c2Cl)CCN1.Cl. The molecule has 1 aromatic carbocycles. The summed E-state index contributed by atoms with van der Waals surface area (Å²) in [7, 11) is 0. The molecule has 1 heterocycles. The van der Waals surface area contributed by atoms with Crippen molar-refractivity contribution in [1.29, 1.82) is 0 Å². The fraction of sp³-hybridized carbons (Fsp3) is 0.500. The van der Waals surface area contributed by atoms with Crippen molar-refractivity contribution in [2.24, 2.45) is 0 Å². The molecular formula is C12H16Cl3FN2. The number of halogens is 4. The van der Waals surface area contributed by atoms with Crippen LogP contribution in [0.3, 0.4) is 0 Å². The Bertz CT molecular complexity index is 415. The topological polar surface area (TPSA) is 15.3 Å². The second-order valence-corrected chi connectivity index (χ2v) is 5.18. The van der Waals surface area contributed by atoms with E-state index in [2.05, 4.69) is 17.1 Å². The molecule has 1 aliphatic heterocycles. The molecule has 0 aliphatic carbocycles. The molecule has 0 aromatic heterocycles. The van der Waals surface area contributed by atoms with Gasteiger partial charge in [-0.1, -0.05) is 29.3 Å². The van der Waals surface area contributed by atoms with E-state index in [0.717, 1.165) is 25.2 Å². The van der Waals surface area contributed by atoms with Crippen LogP contribution in [0.2, 0.25) is 10.0 Å². The number of nitrogens with one attached hydrogen (secondary N) is 1. The van der Waals surface area contributed by atoms with E-state index in [-0.39, 0.29) is 17.4 Å². The van der Waals surface area contributed by atoms with Crippen LogP contribution in [0.4, 0.5) is 4.39 Å². The van der Waals surface area contributed by atoms with Gasteiger partial charge in [-0.2, -0.15) is 0 Å². The molecule has 102 valence electrons. The lowest BCUT2D eigenvalue weighted by atomic mass is 10.1. The van der Waals surface area contributed by atoms with Gasteiger partial charge >= 0.3 is 0 Å². The van der Waals surface area contributed by atoms with Crippen molar-refractivity contribution in [3.05, 3.63) is 33.6 Å². The van der Waals surface area contributed by atoms with E-state index in [1.54, 1.807) is 6.07 Å². The van der Waals surface area contributed by atoms with Crippen LogP contribution in [0, 0.1) is 5.82 Å². The quantitative estimate of drug-likeness (QED) is 0.842. The monoisotopic (exact) mass is 312 g/mol. The molecule has 2 nitrogen and oxygen atoms in total. The molecule has 0 saturated carbocycles. The number of hydrogen-bond donors (Lipinski definition) is 1. The van der Waals surface area contributed by atoms with Crippen molar-refractivity contribution in [1.82, 2.24) is 10.2 Å². The lowest BCUT2D eigenvalue weighted by Crippen LogP contribution is -2.48. The largest absolute Gasteiger partial charge is 0.312 e. The van der Waals surface area contributed by atoms with Gasteiger partial charge in [0.15, 0.2) is 0 Å². The maximum atomic E-state index is 13.2. The van der Waals surface area contributed by atoms with Crippen molar-refractivity contribution in [3.63, 3.8) is 0 Å². The molecule has 1 atom stereocenters. The van der Waals surface area contributed by atoms with Crippen molar-refractivity contribution in [3.8, 4) is 0 Å². The predicted molar refractivity (Wildman–Crippen MR) is 76.4 cm³/mol.